The molecule has 0 saturated carbocycles. The molecule has 1 heterocycles. The highest BCUT2D eigenvalue weighted by Gasteiger charge is 2.16. The van der Waals surface area contributed by atoms with E-state index in [-0.39, 0.29) is 18.4 Å². The second-order valence-electron chi connectivity index (χ2n) is 6.63. The third-order valence-electron chi connectivity index (χ3n) is 4.64. The lowest BCUT2D eigenvalue weighted by Crippen LogP contribution is -2.31. The molecule has 1 aromatic heterocycles. The van der Waals surface area contributed by atoms with E-state index in [9.17, 15) is 4.39 Å². The molecule has 4 nitrogen and oxygen atoms in total. The maximum Gasteiger partial charge on any atom is 0.171 e. The van der Waals surface area contributed by atoms with Crippen molar-refractivity contribution in [2.24, 2.45) is 0 Å². The summed E-state index contributed by atoms with van der Waals surface area (Å²) in [6.45, 7) is 6.10. The first kappa shape index (κ1) is 20.3. The van der Waals surface area contributed by atoms with Crippen molar-refractivity contribution in [1.82, 2.24) is 15.1 Å². The minimum Gasteiger partial charge on any atom is -0.356 e. The predicted molar refractivity (Wildman–Crippen MR) is 116 cm³/mol. The first-order valence-corrected chi connectivity index (χ1v) is 9.74. The van der Waals surface area contributed by atoms with Crippen molar-refractivity contribution >= 4 is 34.6 Å². The summed E-state index contributed by atoms with van der Waals surface area (Å²) in [5.74, 6) is -0.344. The van der Waals surface area contributed by atoms with Crippen molar-refractivity contribution in [1.29, 1.82) is 0 Å². The summed E-state index contributed by atoms with van der Waals surface area (Å²) in [6, 6.07) is 14.8. The average Bonchev–Trinajstić information content (AvgIpc) is 2.93. The van der Waals surface area contributed by atoms with Crippen LogP contribution >= 0.6 is 23.8 Å². The summed E-state index contributed by atoms with van der Waals surface area (Å²) < 4.78 is 15.8. The molecule has 0 radical (unpaired) electrons. The normalized spacial score (nSPS) is 11.9. The number of halogens is 2. The number of rotatable bonds is 5. The monoisotopic (exact) mass is 416 g/mol. The Morgan fingerprint density at radius 3 is 2.57 bits per heavy atom. The Morgan fingerprint density at radius 2 is 1.89 bits per heavy atom. The fourth-order valence-electron chi connectivity index (χ4n) is 3.04. The van der Waals surface area contributed by atoms with Crippen molar-refractivity contribution in [2.75, 3.05) is 5.32 Å². The zero-order chi connectivity index (χ0) is 20.3. The molecule has 3 aromatic rings. The number of hydrogen-bond donors (Lipinski definition) is 2. The third-order valence-corrected chi connectivity index (χ3v) is 5.21. The van der Waals surface area contributed by atoms with E-state index in [0.29, 0.717) is 15.7 Å². The van der Waals surface area contributed by atoms with Gasteiger partial charge in [0.15, 0.2) is 5.11 Å². The van der Waals surface area contributed by atoms with Gasteiger partial charge in [0.25, 0.3) is 0 Å². The second-order valence-corrected chi connectivity index (χ2v) is 7.45. The highest BCUT2D eigenvalue weighted by atomic mass is 35.5. The summed E-state index contributed by atoms with van der Waals surface area (Å²) in [5.41, 5.74) is 4.00. The number of anilines is 1. The molecule has 0 bridgehead atoms. The van der Waals surface area contributed by atoms with Gasteiger partial charge in [0, 0.05) is 10.6 Å². The van der Waals surface area contributed by atoms with Crippen molar-refractivity contribution in [3.63, 3.8) is 0 Å². The van der Waals surface area contributed by atoms with Crippen LogP contribution in [0.5, 0.6) is 0 Å². The highest BCUT2D eigenvalue weighted by Crippen LogP contribution is 2.24. The molecule has 1 atom stereocenters. The Labute approximate surface area is 174 Å². The molecule has 2 N–H and O–H groups in total. The van der Waals surface area contributed by atoms with Gasteiger partial charge in [-0.3, -0.25) is 4.68 Å². The molecular formula is C21H22ClFN4S. The van der Waals surface area contributed by atoms with Gasteiger partial charge in [-0.05, 0) is 50.7 Å². The van der Waals surface area contributed by atoms with E-state index in [1.165, 1.54) is 6.07 Å². The van der Waals surface area contributed by atoms with Gasteiger partial charge in [0.05, 0.1) is 29.7 Å². The zero-order valence-corrected chi connectivity index (χ0v) is 17.5. The van der Waals surface area contributed by atoms with E-state index >= 15 is 0 Å². The van der Waals surface area contributed by atoms with Crippen LogP contribution in [0.25, 0.3) is 0 Å². The van der Waals surface area contributed by atoms with Crippen molar-refractivity contribution in [3.05, 3.63) is 81.9 Å². The van der Waals surface area contributed by atoms with Crippen LogP contribution in [-0.2, 0) is 6.54 Å². The van der Waals surface area contributed by atoms with Gasteiger partial charge in [-0.2, -0.15) is 5.10 Å². The van der Waals surface area contributed by atoms with E-state index in [2.05, 4.69) is 15.7 Å². The Kier molecular flexibility index (Phi) is 6.31. The molecule has 3 rings (SSSR count). The third kappa shape index (κ3) is 4.51. The van der Waals surface area contributed by atoms with E-state index in [4.69, 9.17) is 23.8 Å². The average molecular weight is 417 g/mol. The van der Waals surface area contributed by atoms with E-state index in [1.54, 1.807) is 16.8 Å². The number of thiocarbonyl (C=S) groups is 1. The highest BCUT2D eigenvalue weighted by molar-refractivity contribution is 7.80. The van der Waals surface area contributed by atoms with Gasteiger partial charge in [-0.25, -0.2) is 4.39 Å². The second kappa shape index (κ2) is 8.71. The molecule has 0 amide bonds. The molecular weight excluding hydrogens is 395 g/mol. The summed E-state index contributed by atoms with van der Waals surface area (Å²) in [6.07, 6.45) is 0. The number of nitrogens with zero attached hydrogens (tertiary/aromatic N) is 2. The van der Waals surface area contributed by atoms with Crippen LogP contribution in [0.1, 0.15) is 35.5 Å². The number of aromatic nitrogens is 2. The molecule has 7 heteroatoms. The fourth-order valence-corrected chi connectivity index (χ4v) is 3.54. The van der Waals surface area contributed by atoms with E-state index in [1.807, 2.05) is 51.1 Å². The molecule has 0 aliphatic carbocycles. The lowest BCUT2D eigenvalue weighted by molar-refractivity contribution is 0.579. The number of benzene rings is 2. The lowest BCUT2D eigenvalue weighted by Gasteiger charge is -2.17. The van der Waals surface area contributed by atoms with Crippen LogP contribution in [0.2, 0.25) is 5.02 Å². The molecule has 0 spiro atoms. The first-order chi connectivity index (χ1) is 13.4. The number of nitrogens with one attached hydrogen (secondary N) is 2. The maximum atomic E-state index is 14.1. The van der Waals surface area contributed by atoms with Gasteiger partial charge < -0.3 is 10.6 Å². The van der Waals surface area contributed by atoms with E-state index in [0.717, 1.165) is 22.6 Å². The molecule has 0 fully saturated rings. The zero-order valence-electron chi connectivity index (χ0n) is 16.0. The summed E-state index contributed by atoms with van der Waals surface area (Å²) in [4.78, 5) is 0. The Balaban J connectivity index is 1.74. The molecule has 0 saturated heterocycles. The Morgan fingerprint density at radius 1 is 1.18 bits per heavy atom. The van der Waals surface area contributed by atoms with Gasteiger partial charge in [-0.15, -0.1) is 0 Å². The van der Waals surface area contributed by atoms with Crippen molar-refractivity contribution in [2.45, 2.75) is 33.4 Å². The minimum absolute atomic E-state index is 0.0640. The summed E-state index contributed by atoms with van der Waals surface area (Å²) in [7, 11) is 0. The van der Waals surface area contributed by atoms with Crippen molar-refractivity contribution in [3.8, 4) is 0 Å². The van der Waals surface area contributed by atoms with E-state index < -0.39 is 0 Å². The summed E-state index contributed by atoms with van der Waals surface area (Å²) >= 11 is 11.6. The first-order valence-electron chi connectivity index (χ1n) is 8.96. The fraction of sp³-hybridized carbons (Fsp3) is 0.238. The lowest BCUT2D eigenvalue weighted by atomic mass is 10.1. The molecule has 28 heavy (non-hydrogen) atoms. The van der Waals surface area contributed by atoms with Crippen LogP contribution < -0.4 is 10.6 Å². The van der Waals surface area contributed by atoms with Crippen LogP contribution in [0, 0.1) is 19.7 Å². The Hall–Kier alpha value is -2.44. The molecule has 1 unspecified atom stereocenters. The molecule has 0 aliphatic rings. The largest absolute Gasteiger partial charge is 0.356 e. The summed E-state index contributed by atoms with van der Waals surface area (Å²) in [5, 5.41) is 11.9. The standard InChI is InChI=1S/C21H22ClFN4S/c1-13(16-8-5-4-6-9-16)24-21(28)25-20-14(2)26-27(15(20)3)12-17-18(22)10-7-11-19(17)23/h4-11,13H,12H2,1-3H3,(H2,24,25,28). The topological polar surface area (TPSA) is 41.9 Å². The number of hydrogen-bond acceptors (Lipinski definition) is 2. The van der Waals surface area contributed by atoms with Crippen LogP contribution in [-0.4, -0.2) is 14.9 Å². The SMILES string of the molecule is Cc1nn(Cc2c(F)cccc2Cl)c(C)c1NC(=S)NC(C)c1ccccc1. The smallest absolute Gasteiger partial charge is 0.171 e. The molecule has 2 aromatic carbocycles. The van der Waals surface area contributed by atoms with Gasteiger partial charge in [-0.1, -0.05) is 48.0 Å². The van der Waals surface area contributed by atoms with Gasteiger partial charge in [0.1, 0.15) is 5.82 Å². The molecule has 146 valence electrons. The number of aryl methyl sites for hydroxylation is 1. The van der Waals surface area contributed by atoms with Crippen LogP contribution in [0.3, 0.4) is 0 Å². The Bertz CT molecular complexity index is 967. The minimum atomic E-state index is -0.344. The van der Waals surface area contributed by atoms with Crippen molar-refractivity contribution < 1.29 is 4.39 Å². The van der Waals surface area contributed by atoms with Crippen LogP contribution in [0.15, 0.2) is 48.5 Å². The van der Waals surface area contributed by atoms with Gasteiger partial charge >= 0.3 is 0 Å². The maximum absolute atomic E-state index is 14.1. The predicted octanol–water partition coefficient (Wildman–Crippen LogP) is 5.39. The van der Waals surface area contributed by atoms with Crippen LogP contribution in [0.4, 0.5) is 10.1 Å². The quantitative estimate of drug-likeness (QED) is 0.547. The van der Waals surface area contributed by atoms with Gasteiger partial charge in [0.2, 0.25) is 0 Å². The molecule has 0 aliphatic heterocycles.